The zero-order chi connectivity index (χ0) is 11.1. The number of hydrogen-bond acceptors (Lipinski definition) is 4. The summed E-state index contributed by atoms with van der Waals surface area (Å²) in [7, 11) is -2.88. The van der Waals surface area contributed by atoms with E-state index in [0.29, 0.717) is 38.2 Å². The molecule has 1 N–H and O–H groups in total. The number of rotatable bonds is 6. The molecular weight excluding hydrogens is 214 g/mol. The summed E-state index contributed by atoms with van der Waals surface area (Å²) in [5, 5.41) is 2.98. The fraction of sp³-hybridized carbons (Fsp3) is 1.00. The fourth-order valence-corrected chi connectivity index (χ4v) is 3.57. The van der Waals surface area contributed by atoms with Crippen LogP contribution in [0.5, 0.6) is 0 Å². The first kappa shape index (κ1) is 12.9. The molecular formula is C10H21NO3S. The van der Waals surface area contributed by atoms with Crippen molar-refractivity contribution in [2.24, 2.45) is 0 Å². The predicted molar refractivity (Wildman–Crippen MR) is 60.8 cm³/mol. The summed E-state index contributed by atoms with van der Waals surface area (Å²) in [5.41, 5.74) is 0. The highest BCUT2D eigenvalue weighted by atomic mass is 32.2. The summed E-state index contributed by atoms with van der Waals surface area (Å²) >= 11 is 0. The Morgan fingerprint density at radius 3 is 2.60 bits per heavy atom. The van der Waals surface area contributed by atoms with Gasteiger partial charge < -0.3 is 10.1 Å². The molecule has 0 unspecified atom stereocenters. The van der Waals surface area contributed by atoms with Gasteiger partial charge in [0.15, 0.2) is 9.84 Å². The van der Waals surface area contributed by atoms with Crippen molar-refractivity contribution in [1.82, 2.24) is 5.32 Å². The number of sulfone groups is 1. The largest absolute Gasteiger partial charge is 0.381 e. The normalized spacial score (nSPS) is 19.3. The monoisotopic (exact) mass is 235 g/mol. The first-order valence-electron chi connectivity index (χ1n) is 5.67. The van der Waals surface area contributed by atoms with Crippen LogP contribution in [0, 0.1) is 0 Å². The van der Waals surface area contributed by atoms with Gasteiger partial charge in [0, 0.05) is 13.2 Å². The molecule has 90 valence electrons. The average molecular weight is 235 g/mol. The maximum absolute atomic E-state index is 11.9. The molecule has 5 heteroatoms. The van der Waals surface area contributed by atoms with E-state index in [2.05, 4.69) is 5.32 Å². The maximum Gasteiger partial charge on any atom is 0.153 e. The quantitative estimate of drug-likeness (QED) is 0.684. The summed E-state index contributed by atoms with van der Waals surface area (Å²) in [6.07, 6.45) is 2.06. The minimum atomic E-state index is -2.88. The molecule has 0 saturated carbocycles. The van der Waals surface area contributed by atoms with Crippen LogP contribution in [0.2, 0.25) is 0 Å². The second kappa shape index (κ2) is 6.45. The van der Waals surface area contributed by atoms with Gasteiger partial charge in [0.2, 0.25) is 0 Å². The third kappa shape index (κ3) is 4.49. The molecule has 0 amide bonds. The summed E-state index contributed by atoms with van der Waals surface area (Å²) in [6, 6.07) is 0. The number of hydrogen-bond donors (Lipinski definition) is 1. The number of nitrogens with one attached hydrogen (secondary N) is 1. The summed E-state index contributed by atoms with van der Waals surface area (Å²) in [4.78, 5) is 0. The van der Waals surface area contributed by atoms with Crippen molar-refractivity contribution in [2.75, 3.05) is 32.1 Å². The highest BCUT2D eigenvalue weighted by molar-refractivity contribution is 7.92. The molecule has 0 aromatic heterocycles. The molecule has 1 rings (SSSR count). The fourth-order valence-electron chi connectivity index (χ4n) is 1.78. The van der Waals surface area contributed by atoms with Gasteiger partial charge >= 0.3 is 0 Å². The Kier molecular flexibility index (Phi) is 5.56. The van der Waals surface area contributed by atoms with E-state index < -0.39 is 9.84 Å². The van der Waals surface area contributed by atoms with Crippen LogP contribution in [-0.2, 0) is 14.6 Å². The lowest BCUT2D eigenvalue weighted by Crippen LogP contribution is -2.31. The molecule has 1 saturated heterocycles. The van der Waals surface area contributed by atoms with Gasteiger partial charge in [-0.25, -0.2) is 8.42 Å². The summed E-state index contributed by atoms with van der Waals surface area (Å²) in [5.74, 6) is 0.310. The Bertz CT molecular complexity index is 258. The molecule has 0 aromatic rings. The molecule has 1 aliphatic rings. The Labute approximate surface area is 92.3 Å². The molecule has 0 radical (unpaired) electrons. The van der Waals surface area contributed by atoms with Gasteiger partial charge in [-0.2, -0.15) is 0 Å². The first-order valence-corrected chi connectivity index (χ1v) is 7.38. The van der Waals surface area contributed by atoms with Crippen molar-refractivity contribution in [2.45, 2.75) is 31.4 Å². The topological polar surface area (TPSA) is 55.4 Å². The minimum absolute atomic E-state index is 0.159. The van der Waals surface area contributed by atoms with E-state index >= 15 is 0 Å². The minimum Gasteiger partial charge on any atom is -0.381 e. The summed E-state index contributed by atoms with van der Waals surface area (Å²) in [6.45, 7) is 4.90. The van der Waals surface area contributed by atoms with Gasteiger partial charge in [0.1, 0.15) is 0 Å². The van der Waals surface area contributed by atoms with Crippen molar-refractivity contribution in [3.8, 4) is 0 Å². The lowest BCUT2D eigenvalue weighted by Gasteiger charge is -2.22. The van der Waals surface area contributed by atoms with Crippen molar-refractivity contribution in [3.05, 3.63) is 0 Å². The van der Waals surface area contributed by atoms with E-state index in [0.717, 1.165) is 13.1 Å². The van der Waals surface area contributed by atoms with Crippen LogP contribution in [-0.4, -0.2) is 45.7 Å². The second-order valence-corrected chi connectivity index (χ2v) is 6.29. The molecule has 1 aliphatic heterocycles. The van der Waals surface area contributed by atoms with E-state index in [4.69, 9.17) is 4.74 Å². The van der Waals surface area contributed by atoms with E-state index in [-0.39, 0.29) is 5.25 Å². The van der Waals surface area contributed by atoms with Crippen LogP contribution in [0.25, 0.3) is 0 Å². The smallest absolute Gasteiger partial charge is 0.153 e. The summed E-state index contributed by atoms with van der Waals surface area (Å²) < 4.78 is 28.9. The third-order valence-electron chi connectivity index (χ3n) is 2.71. The maximum atomic E-state index is 11.9. The van der Waals surface area contributed by atoms with Crippen molar-refractivity contribution in [3.63, 3.8) is 0 Å². The Hall–Kier alpha value is -0.130. The highest BCUT2D eigenvalue weighted by Gasteiger charge is 2.26. The van der Waals surface area contributed by atoms with Gasteiger partial charge in [-0.15, -0.1) is 0 Å². The van der Waals surface area contributed by atoms with E-state index in [9.17, 15) is 8.42 Å². The second-order valence-electron chi connectivity index (χ2n) is 3.89. The molecule has 0 aliphatic carbocycles. The standard InChI is InChI=1S/C10H21NO3S/c1-2-11-6-3-9-15(12,13)10-4-7-14-8-5-10/h10-11H,2-9H2,1H3. The van der Waals surface area contributed by atoms with Crippen LogP contribution in [0.4, 0.5) is 0 Å². The Balaban J connectivity index is 2.30. The van der Waals surface area contributed by atoms with Crippen molar-refractivity contribution in [1.29, 1.82) is 0 Å². The van der Waals surface area contributed by atoms with Crippen molar-refractivity contribution < 1.29 is 13.2 Å². The molecule has 1 fully saturated rings. The Morgan fingerprint density at radius 2 is 2.00 bits per heavy atom. The average Bonchev–Trinajstić information content (AvgIpc) is 2.26. The zero-order valence-electron chi connectivity index (χ0n) is 9.37. The van der Waals surface area contributed by atoms with Gasteiger partial charge in [-0.3, -0.25) is 0 Å². The lowest BCUT2D eigenvalue weighted by atomic mass is 10.2. The number of ether oxygens (including phenoxy) is 1. The van der Waals surface area contributed by atoms with E-state index in [1.165, 1.54) is 0 Å². The zero-order valence-corrected chi connectivity index (χ0v) is 10.2. The SMILES string of the molecule is CCNCCCS(=O)(=O)C1CCOCC1. The van der Waals surface area contributed by atoms with Gasteiger partial charge in [-0.05, 0) is 32.4 Å². The van der Waals surface area contributed by atoms with Gasteiger partial charge in [0.05, 0.1) is 11.0 Å². The third-order valence-corrected chi connectivity index (χ3v) is 5.05. The molecule has 4 nitrogen and oxygen atoms in total. The molecule has 1 heterocycles. The van der Waals surface area contributed by atoms with Crippen molar-refractivity contribution >= 4 is 9.84 Å². The Morgan fingerprint density at radius 1 is 1.33 bits per heavy atom. The van der Waals surface area contributed by atoms with Crippen LogP contribution in [0.15, 0.2) is 0 Å². The van der Waals surface area contributed by atoms with E-state index in [1.807, 2.05) is 6.92 Å². The molecule has 0 atom stereocenters. The predicted octanol–water partition coefficient (Wildman–Crippen LogP) is 0.580. The molecule has 15 heavy (non-hydrogen) atoms. The lowest BCUT2D eigenvalue weighted by molar-refractivity contribution is 0.0983. The highest BCUT2D eigenvalue weighted by Crippen LogP contribution is 2.16. The van der Waals surface area contributed by atoms with E-state index in [1.54, 1.807) is 0 Å². The van der Waals surface area contributed by atoms with Crippen LogP contribution >= 0.6 is 0 Å². The van der Waals surface area contributed by atoms with Crippen LogP contribution in [0.3, 0.4) is 0 Å². The molecule has 0 bridgehead atoms. The van der Waals surface area contributed by atoms with Gasteiger partial charge in [-0.1, -0.05) is 6.92 Å². The van der Waals surface area contributed by atoms with Crippen LogP contribution in [0.1, 0.15) is 26.2 Å². The first-order chi connectivity index (χ1) is 7.17. The molecule has 0 spiro atoms. The van der Waals surface area contributed by atoms with Crippen LogP contribution < -0.4 is 5.32 Å². The molecule has 0 aromatic carbocycles. The van der Waals surface area contributed by atoms with Gasteiger partial charge in [0.25, 0.3) is 0 Å².